The fraction of sp³-hybridized carbons (Fsp3) is 0.261. The molecule has 0 bridgehead atoms. The van der Waals surface area contributed by atoms with Crippen LogP contribution >= 0.6 is 12.2 Å². The van der Waals surface area contributed by atoms with Gasteiger partial charge in [0.05, 0.1) is 30.7 Å². The van der Waals surface area contributed by atoms with Crippen LogP contribution in [0.3, 0.4) is 0 Å². The SMILES string of the molecule is C=CCNC(=O)c1ccc(Cn2c(=S)[nH]c3cc(OCC)c(OCC)cc3c2=O)cc1. The Morgan fingerprint density at radius 2 is 1.81 bits per heavy atom. The number of hydrogen-bond acceptors (Lipinski definition) is 5. The maximum Gasteiger partial charge on any atom is 0.262 e. The summed E-state index contributed by atoms with van der Waals surface area (Å²) in [6, 6.07) is 10.5. The molecule has 7 nitrogen and oxygen atoms in total. The first-order valence-corrected chi connectivity index (χ1v) is 10.4. The summed E-state index contributed by atoms with van der Waals surface area (Å²) in [5.41, 5.74) is 1.74. The summed E-state index contributed by atoms with van der Waals surface area (Å²) < 4.78 is 13.1. The zero-order valence-corrected chi connectivity index (χ0v) is 18.4. The second-order valence-electron chi connectivity index (χ2n) is 6.73. The minimum atomic E-state index is -0.226. The van der Waals surface area contributed by atoms with Gasteiger partial charge >= 0.3 is 0 Å². The summed E-state index contributed by atoms with van der Waals surface area (Å²) in [6.45, 7) is 8.94. The third kappa shape index (κ3) is 5.03. The van der Waals surface area contributed by atoms with Crippen LogP contribution in [0.25, 0.3) is 10.9 Å². The predicted molar refractivity (Wildman–Crippen MR) is 124 cm³/mol. The van der Waals surface area contributed by atoms with Gasteiger partial charge in [-0.25, -0.2) is 0 Å². The number of H-pyrrole nitrogens is 1. The van der Waals surface area contributed by atoms with Gasteiger partial charge in [0.15, 0.2) is 16.3 Å². The lowest BCUT2D eigenvalue weighted by molar-refractivity contribution is 0.0958. The largest absolute Gasteiger partial charge is 0.490 e. The molecule has 2 aromatic carbocycles. The number of nitrogens with zero attached hydrogens (tertiary/aromatic N) is 1. The lowest BCUT2D eigenvalue weighted by Gasteiger charge is -2.14. The first-order chi connectivity index (χ1) is 15.0. The molecule has 0 spiro atoms. The summed E-state index contributed by atoms with van der Waals surface area (Å²) in [5.74, 6) is 0.894. The molecule has 0 unspecified atom stereocenters. The first kappa shape index (κ1) is 22.3. The molecule has 0 atom stereocenters. The lowest BCUT2D eigenvalue weighted by Crippen LogP contribution is -2.24. The molecule has 0 saturated carbocycles. The van der Waals surface area contributed by atoms with Crippen LogP contribution < -0.4 is 20.3 Å². The van der Waals surface area contributed by atoms with Crippen LogP contribution in [0.15, 0.2) is 53.8 Å². The number of rotatable bonds is 9. The van der Waals surface area contributed by atoms with Crippen LogP contribution in [0.5, 0.6) is 11.5 Å². The molecule has 8 heteroatoms. The van der Waals surface area contributed by atoms with Gasteiger partial charge in [0, 0.05) is 18.2 Å². The molecule has 3 aromatic rings. The lowest BCUT2D eigenvalue weighted by atomic mass is 10.1. The van der Waals surface area contributed by atoms with E-state index in [-0.39, 0.29) is 18.0 Å². The molecule has 31 heavy (non-hydrogen) atoms. The standard InChI is InChI=1S/C23H25N3O4S/c1-4-11-24-21(27)16-9-7-15(8-10-16)14-26-22(28)17-12-19(29-5-2)20(30-6-3)13-18(17)25-23(26)31/h4,7-10,12-13H,1,5-6,11,14H2,2-3H3,(H,24,27)(H,25,31). The fourth-order valence-corrected chi connectivity index (χ4v) is 3.41. The van der Waals surface area contributed by atoms with Crippen molar-refractivity contribution in [2.75, 3.05) is 19.8 Å². The van der Waals surface area contributed by atoms with Crippen LogP contribution in [-0.4, -0.2) is 35.2 Å². The second-order valence-corrected chi connectivity index (χ2v) is 7.11. The molecular weight excluding hydrogens is 414 g/mol. The molecule has 1 amide bonds. The Morgan fingerprint density at radius 1 is 1.16 bits per heavy atom. The van der Waals surface area contributed by atoms with Gasteiger partial charge in [-0.05, 0) is 49.8 Å². The van der Waals surface area contributed by atoms with Gasteiger partial charge in [-0.2, -0.15) is 0 Å². The van der Waals surface area contributed by atoms with Crippen molar-refractivity contribution in [1.29, 1.82) is 0 Å². The van der Waals surface area contributed by atoms with Crippen molar-refractivity contribution >= 4 is 29.0 Å². The molecule has 0 saturated heterocycles. The van der Waals surface area contributed by atoms with Crippen molar-refractivity contribution in [2.24, 2.45) is 0 Å². The van der Waals surface area contributed by atoms with E-state index in [0.717, 1.165) is 5.56 Å². The Labute approximate surface area is 185 Å². The van der Waals surface area contributed by atoms with Crippen molar-refractivity contribution in [3.63, 3.8) is 0 Å². The van der Waals surface area contributed by atoms with Crippen LogP contribution in [-0.2, 0) is 6.54 Å². The molecule has 2 N–H and O–H groups in total. The second kappa shape index (κ2) is 10.1. The number of aromatic amines is 1. The summed E-state index contributed by atoms with van der Waals surface area (Å²) in [5, 5.41) is 3.19. The van der Waals surface area contributed by atoms with Crippen molar-refractivity contribution in [2.45, 2.75) is 20.4 Å². The van der Waals surface area contributed by atoms with Crippen LogP contribution in [0.2, 0.25) is 0 Å². The van der Waals surface area contributed by atoms with E-state index >= 15 is 0 Å². The summed E-state index contributed by atoms with van der Waals surface area (Å²) >= 11 is 5.44. The Hall–Kier alpha value is -3.39. The van der Waals surface area contributed by atoms with Gasteiger partial charge in [-0.15, -0.1) is 6.58 Å². The third-order valence-corrected chi connectivity index (χ3v) is 4.93. The zero-order valence-electron chi connectivity index (χ0n) is 17.6. The number of fused-ring (bicyclic) bond motifs is 1. The molecule has 0 aliphatic heterocycles. The Bertz CT molecular complexity index is 1210. The van der Waals surface area contributed by atoms with E-state index in [9.17, 15) is 9.59 Å². The number of amides is 1. The zero-order chi connectivity index (χ0) is 22.4. The Kier molecular flexibility index (Phi) is 7.25. The number of carbonyl (C=O) groups is 1. The van der Waals surface area contributed by atoms with Crippen molar-refractivity contribution in [3.05, 3.63) is 75.3 Å². The normalized spacial score (nSPS) is 10.6. The minimum absolute atomic E-state index is 0.180. The van der Waals surface area contributed by atoms with Crippen LogP contribution in [0.1, 0.15) is 29.8 Å². The molecule has 0 radical (unpaired) electrons. The topological polar surface area (TPSA) is 85.3 Å². The van der Waals surface area contributed by atoms with E-state index in [4.69, 9.17) is 21.7 Å². The molecule has 0 fully saturated rings. The van der Waals surface area contributed by atoms with Crippen molar-refractivity contribution in [3.8, 4) is 11.5 Å². The minimum Gasteiger partial charge on any atom is -0.490 e. The van der Waals surface area contributed by atoms with Gasteiger partial charge in [0.25, 0.3) is 11.5 Å². The predicted octanol–water partition coefficient (Wildman–Crippen LogP) is 3.82. The number of aromatic nitrogens is 2. The average Bonchev–Trinajstić information content (AvgIpc) is 2.76. The van der Waals surface area contributed by atoms with Gasteiger partial charge in [-0.1, -0.05) is 18.2 Å². The summed E-state index contributed by atoms with van der Waals surface area (Å²) in [4.78, 5) is 28.3. The van der Waals surface area contributed by atoms with Crippen molar-refractivity contribution < 1.29 is 14.3 Å². The Balaban J connectivity index is 1.96. The molecule has 162 valence electrons. The molecule has 1 aromatic heterocycles. The number of nitrogens with one attached hydrogen (secondary N) is 2. The van der Waals surface area contributed by atoms with Crippen molar-refractivity contribution in [1.82, 2.24) is 14.9 Å². The van der Waals surface area contributed by atoms with Crippen LogP contribution in [0.4, 0.5) is 0 Å². The molecule has 3 rings (SSSR count). The third-order valence-electron chi connectivity index (χ3n) is 4.61. The van der Waals surface area contributed by atoms with Gasteiger partial charge < -0.3 is 19.8 Å². The monoisotopic (exact) mass is 439 g/mol. The van der Waals surface area contributed by atoms with E-state index in [2.05, 4.69) is 16.9 Å². The number of hydrogen-bond donors (Lipinski definition) is 2. The van der Waals surface area contributed by atoms with Crippen LogP contribution in [0, 0.1) is 4.77 Å². The molecular formula is C23H25N3O4S. The highest BCUT2D eigenvalue weighted by atomic mass is 32.1. The number of carbonyl (C=O) groups excluding carboxylic acids is 1. The maximum absolute atomic E-state index is 13.2. The highest BCUT2D eigenvalue weighted by molar-refractivity contribution is 7.71. The van der Waals surface area contributed by atoms with E-state index in [1.54, 1.807) is 42.5 Å². The van der Waals surface area contributed by atoms with E-state index in [1.807, 2.05) is 13.8 Å². The number of benzene rings is 2. The average molecular weight is 440 g/mol. The van der Waals surface area contributed by atoms with Gasteiger partial charge in [0.1, 0.15) is 0 Å². The smallest absolute Gasteiger partial charge is 0.262 e. The maximum atomic E-state index is 13.2. The van der Waals surface area contributed by atoms with E-state index in [0.29, 0.717) is 52.5 Å². The van der Waals surface area contributed by atoms with E-state index in [1.165, 1.54) is 4.57 Å². The first-order valence-electron chi connectivity index (χ1n) is 10.0. The quantitative estimate of drug-likeness (QED) is 0.391. The number of ether oxygens (including phenoxy) is 2. The van der Waals surface area contributed by atoms with E-state index < -0.39 is 0 Å². The van der Waals surface area contributed by atoms with Gasteiger partial charge in [0.2, 0.25) is 0 Å². The summed E-state index contributed by atoms with van der Waals surface area (Å²) in [7, 11) is 0. The fourth-order valence-electron chi connectivity index (χ4n) is 3.15. The highest BCUT2D eigenvalue weighted by Crippen LogP contribution is 2.30. The molecule has 0 aliphatic rings. The summed E-state index contributed by atoms with van der Waals surface area (Å²) in [6.07, 6.45) is 1.62. The highest BCUT2D eigenvalue weighted by Gasteiger charge is 2.13. The molecule has 1 heterocycles. The molecule has 0 aliphatic carbocycles. The Morgan fingerprint density at radius 3 is 2.42 bits per heavy atom. The van der Waals surface area contributed by atoms with Gasteiger partial charge in [-0.3, -0.25) is 14.2 Å².